The Morgan fingerprint density at radius 3 is 2.77 bits per heavy atom. The molecule has 0 unspecified atom stereocenters. The predicted molar refractivity (Wildman–Crippen MR) is 88.2 cm³/mol. The van der Waals surface area contributed by atoms with Gasteiger partial charge in [0.05, 0.1) is 10.2 Å². The Bertz CT molecular complexity index is 723. The van der Waals surface area contributed by atoms with Crippen molar-refractivity contribution in [1.82, 2.24) is 9.88 Å². The molecule has 3 rings (SSSR count). The number of hydrogen-bond acceptors (Lipinski definition) is 4. The summed E-state index contributed by atoms with van der Waals surface area (Å²) >= 11 is 7.37. The zero-order chi connectivity index (χ0) is 15.7. The van der Waals surface area contributed by atoms with Gasteiger partial charge in [-0.05, 0) is 31.0 Å². The number of amides is 2. The lowest BCUT2D eigenvalue weighted by Gasteiger charge is -2.30. The molecule has 1 aromatic heterocycles. The lowest BCUT2D eigenvalue weighted by atomic mass is 9.96. The van der Waals surface area contributed by atoms with E-state index in [0.717, 1.165) is 10.2 Å². The quantitative estimate of drug-likeness (QED) is 0.915. The van der Waals surface area contributed by atoms with E-state index in [1.54, 1.807) is 17.9 Å². The Morgan fingerprint density at radius 2 is 2.09 bits per heavy atom. The average molecular weight is 338 g/mol. The molecule has 116 valence electrons. The van der Waals surface area contributed by atoms with Gasteiger partial charge < -0.3 is 10.2 Å². The number of anilines is 1. The molecule has 2 heterocycles. The monoisotopic (exact) mass is 337 g/mol. The third-order valence-electron chi connectivity index (χ3n) is 3.89. The molecular formula is C15H16ClN3O2S. The first-order valence-corrected chi connectivity index (χ1v) is 8.35. The lowest BCUT2D eigenvalue weighted by Crippen LogP contribution is -2.40. The molecule has 0 aliphatic carbocycles. The maximum atomic E-state index is 12.3. The fourth-order valence-corrected chi connectivity index (χ4v) is 3.76. The van der Waals surface area contributed by atoms with Gasteiger partial charge in [-0.2, -0.15) is 0 Å². The molecule has 2 amide bonds. The highest BCUT2D eigenvalue weighted by molar-refractivity contribution is 7.22. The molecule has 0 radical (unpaired) electrons. The maximum absolute atomic E-state index is 12.3. The molecule has 5 nitrogen and oxygen atoms in total. The first-order valence-electron chi connectivity index (χ1n) is 7.15. The van der Waals surface area contributed by atoms with E-state index in [1.165, 1.54) is 11.3 Å². The van der Waals surface area contributed by atoms with Gasteiger partial charge >= 0.3 is 0 Å². The van der Waals surface area contributed by atoms with Crippen LogP contribution in [0.5, 0.6) is 0 Å². The van der Waals surface area contributed by atoms with Crippen LogP contribution in [-0.4, -0.2) is 34.8 Å². The molecule has 0 saturated carbocycles. The minimum Gasteiger partial charge on any atom is -0.343 e. The highest BCUT2D eigenvalue weighted by Crippen LogP contribution is 2.29. The van der Waals surface area contributed by atoms with Crippen LogP contribution in [0.15, 0.2) is 18.2 Å². The van der Waals surface area contributed by atoms with Crippen LogP contribution in [0.3, 0.4) is 0 Å². The van der Waals surface area contributed by atoms with Crippen LogP contribution in [0.25, 0.3) is 10.2 Å². The van der Waals surface area contributed by atoms with Crippen LogP contribution >= 0.6 is 22.9 Å². The number of likely N-dealkylation sites (tertiary alicyclic amines) is 1. The van der Waals surface area contributed by atoms with E-state index in [-0.39, 0.29) is 17.7 Å². The molecule has 2 aromatic rings. The number of halogens is 1. The van der Waals surface area contributed by atoms with E-state index in [0.29, 0.717) is 36.1 Å². The molecular weight excluding hydrogens is 322 g/mol. The van der Waals surface area contributed by atoms with Crippen LogP contribution in [0.4, 0.5) is 5.13 Å². The number of fused-ring (bicyclic) bond motifs is 1. The number of thiazole rings is 1. The number of aromatic nitrogens is 1. The van der Waals surface area contributed by atoms with Crippen LogP contribution in [0.1, 0.15) is 19.8 Å². The summed E-state index contributed by atoms with van der Waals surface area (Å²) in [4.78, 5) is 29.8. The fourth-order valence-electron chi connectivity index (χ4n) is 2.62. The van der Waals surface area contributed by atoms with E-state index in [1.807, 2.05) is 12.1 Å². The van der Waals surface area contributed by atoms with Crippen LogP contribution in [0, 0.1) is 5.92 Å². The van der Waals surface area contributed by atoms with E-state index in [4.69, 9.17) is 11.6 Å². The van der Waals surface area contributed by atoms with Crippen molar-refractivity contribution in [3.63, 3.8) is 0 Å². The first-order chi connectivity index (χ1) is 10.5. The number of rotatable bonds is 2. The van der Waals surface area contributed by atoms with Gasteiger partial charge in [0, 0.05) is 31.0 Å². The molecule has 0 atom stereocenters. The zero-order valence-corrected chi connectivity index (χ0v) is 13.7. The standard InChI is InChI=1S/C15H16ClN3O2S/c1-9(20)19-6-4-10(5-7-19)14(21)18-15-17-12-3-2-11(16)8-13(12)22-15/h2-3,8,10H,4-7H2,1H3,(H,17,18,21). The molecule has 1 aliphatic heterocycles. The molecule has 22 heavy (non-hydrogen) atoms. The SMILES string of the molecule is CC(=O)N1CCC(C(=O)Nc2nc3ccc(Cl)cc3s2)CC1. The molecule has 0 spiro atoms. The third kappa shape index (κ3) is 3.23. The normalized spacial score (nSPS) is 16.0. The summed E-state index contributed by atoms with van der Waals surface area (Å²) in [5, 5.41) is 4.14. The van der Waals surface area contributed by atoms with Crippen LogP contribution in [-0.2, 0) is 9.59 Å². The summed E-state index contributed by atoms with van der Waals surface area (Å²) in [5.41, 5.74) is 0.830. The molecule has 1 N–H and O–H groups in total. The van der Waals surface area contributed by atoms with Crippen molar-refractivity contribution in [2.75, 3.05) is 18.4 Å². The van der Waals surface area contributed by atoms with E-state index in [9.17, 15) is 9.59 Å². The second-order valence-electron chi connectivity index (χ2n) is 5.40. The number of piperidine rings is 1. The van der Waals surface area contributed by atoms with Gasteiger partial charge in [-0.15, -0.1) is 0 Å². The number of nitrogens with one attached hydrogen (secondary N) is 1. The second-order valence-corrected chi connectivity index (χ2v) is 6.87. The Balaban J connectivity index is 1.65. The second kappa shape index (κ2) is 6.22. The van der Waals surface area contributed by atoms with E-state index < -0.39 is 0 Å². The average Bonchev–Trinajstić information content (AvgIpc) is 2.88. The van der Waals surface area contributed by atoms with E-state index >= 15 is 0 Å². The summed E-state index contributed by atoms with van der Waals surface area (Å²) in [6.07, 6.45) is 1.39. The van der Waals surface area contributed by atoms with Crippen LogP contribution < -0.4 is 5.32 Å². The highest BCUT2D eigenvalue weighted by atomic mass is 35.5. The summed E-state index contributed by atoms with van der Waals surface area (Å²) in [7, 11) is 0. The van der Waals surface area contributed by atoms with Crippen LogP contribution in [0.2, 0.25) is 5.02 Å². The van der Waals surface area contributed by atoms with Crippen molar-refractivity contribution in [2.24, 2.45) is 5.92 Å². The predicted octanol–water partition coefficient (Wildman–Crippen LogP) is 3.15. The van der Waals surface area contributed by atoms with Crippen molar-refractivity contribution in [3.8, 4) is 0 Å². The summed E-state index contributed by atoms with van der Waals surface area (Å²) < 4.78 is 0.953. The molecule has 7 heteroatoms. The Hall–Kier alpha value is -1.66. The van der Waals surface area contributed by atoms with Gasteiger partial charge in [-0.25, -0.2) is 4.98 Å². The molecule has 1 aliphatic rings. The first kappa shape index (κ1) is 15.2. The number of nitrogens with zero attached hydrogens (tertiary/aromatic N) is 2. The third-order valence-corrected chi connectivity index (χ3v) is 5.06. The number of carbonyl (C=O) groups is 2. The van der Waals surface area contributed by atoms with Gasteiger partial charge in [0.1, 0.15) is 0 Å². The highest BCUT2D eigenvalue weighted by Gasteiger charge is 2.26. The topological polar surface area (TPSA) is 62.3 Å². The summed E-state index contributed by atoms with van der Waals surface area (Å²) in [5.74, 6) is -0.0125. The van der Waals surface area contributed by atoms with Gasteiger partial charge in [0.2, 0.25) is 11.8 Å². The van der Waals surface area contributed by atoms with Crippen molar-refractivity contribution in [2.45, 2.75) is 19.8 Å². The van der Waals surface area contributed by atoms with Gasteiger partial charge in [-0.1, -0.05) is 22.9 Å². The van der Waals surface area contributed by atoms with Crippen molar-refractivity contribution in [1.29, 1.82) is 0 Å². The summed E-state index contributed by atoms with van der Waals surface area (Å²) in [6, 6.07) is 5.47. The molecule has 1 saturated heterocycles. The number of carbonyl (C=O) groups excluding carboxylic acids is 2. The van der Waals surface area contributed by atoms with Crippen molar-refractivity contribution < 1.29 is 9.59 Å². The Morgan fingerprint density at radius 1 is 1.36 bits per heavy atom. The minimum atomic E-state index is -0.0637. The summed E-state index contributed by atoms with van der Waals surface area (Å²) in [6.45, 7) is 2.85. The minimum absolute atomic E-state index is 0.0200. The molecule has 1 fully saturated rings. The maximum Gasteiger partial charge on any atom is 0.229 e. The van der Waals surface area contributed by atoms with E-state index in [2.05, 4.69) is 10.3 Å². The van der Waals surface area contributed by atoms with Gasteiger partial charge in [0.25, 0.3) is 0 Å². The smallest absolute Gasteiger partial charge is 0.229 e. The Kier molecular flexibility index (Phi) is 4.31. The lowest BCUT2D eigenvalue weighted by molar-refractivity contribution is -0.132. The van der Waals surface area contributed by atoms with Crippen molar-refractivity contribution in [3.05, 3.63) is 23.2 Å². The zero-order valence-electron chi connectivity index (χ0n) is 12.1. The van der Waals surface area contributed by atoms with Crippen molar-refractivity contribution >= 4 is 50.1 Å². The number of hydrogen-bond donors (Lipinski definition) is 1. The van der Waals surface area contributed by atoms with Gasteiger partial charge in [-0.3, -0.25) is 9.59 Å². The van der Waals surface area contributed by atoms with Gasteiger partial charge in [0.15, 0.2) is 5.13 Å². The fraction of sp³-hybridized carbons (Fsp3) is 0.400. The molecule has 1 aromatic carbocycles. The Labute approximate surface area is 137 Å². The largest absolute Gasteiger partial charge is 0.343 e. The number of benzene rings is 1. The molecule has 0 bridgehead atoms.